The normalized spacial score (nSPS) is 10.6. The third-order valence-electron chi connectivity index (χ3n) is 3.30. The van der Waals surface area contributed by atoms with Crippen LogP contribution in [0.3, 0.4) is 0 Å². The molecule has 0 atom stereocenters. The molecule has 0 bridgehead atoms. The molecular weight excluding hydrogens is 306 g/mol. The SMILES string of the molecule is CCCCCCCOc1ccc(NC(=O)/C=C/C(=O)OCC)cc1. The highest BCUT2D eigenvalue weighted by Gasteiger charge is 2.01. The Hall–Kier alpha value is -2.30. The van der Waals surface area contributed by atoms with Gasteiger partial charge in [-0.3, -0.25) is 4.79 Å². The van der Waals surface area contributed by atoms with Crippen LogP contribution in [0.5, 0.6) is 5.75 Å². The van der Waals surface area contributed by atoms with E-state index in [4.69, 9.17) is 9.47 Å². The van der Waals surface area contributed by atoms with Gasteiger partial charge in [0.25, 0.3) is 0 Å². The van der Waals surface area contributed by atoms with E-state index in [2.05, 4.69) is 12.2 Å². The molecule has 5 nitrogen and oxygen atoms in total. The van der Waals surface area contributed by atoms with Crippen molar-refractivity contribution in [1.29, 1.82) is 0 Å². The van der Waals surface area contributed by atoms with E-state index in [0.29, 0.717) is 12.3 Å². The van der Waals surface area contributed by atoms with Gasteiger partial charge >= 0.3 is 5.97 Å². The average Bonchev–Trinajstić information content (AvgIpc) is 2.58. The van der Waals surface area contributed by atoms with Gasteiger partial charge in [-0.05, 0) is 37.6 Å². The number of carbonyl (C=O) groups excluding carboxylic acids is 2. The molecule has 0 aliphatic rings. The Labute approximate surface area is 144 Å². The maximum atomic E-state index is 11.7. The van der Waals surface area contributed by atoms with E-state index in [9.17, 15) is 9.59 Å². The lowest BCUT2D eigenvalue weighted by molar-refractivity contribution is -0.137. The molecule has 1 aromatic rings. The van der Waals surface area contributed by atoms with E-state index in [1.54, 1.807) is 19.1 Å². The van der Waals surface area contributed by atoms with Crippen molar-refractivity contribution < 1.29 is 19.1 Å². The third-order valence-corrected chi connectivity index (χ3v) is 3.30. The van der Waals surface area contributed by atoms with Crippen molar-refractivity contribution in [2.24, 2.45) is 0 Å². The summed E-state index contributed by atoms with van der Waals surface area (Å²) >= 11 is 0. The molecule has 0 unspecified atom stereocenters. The predicted molar refractivity (Wildman–Crippen MR) is 95.1 cm³/mol. The maximum absolute atomic E-state index is 11.7. The molecule has 0 aliphatic heterocycles. The minimum Gasteiger partial charge on any atom is -0.494 e. The Balaban J connectivity index is 2.31. The average molecular weight is 333 g/mol. The quantitative estimate of drug-likeness (QED) is 0.376. The van der Waals surface area contributed by atoms with E-state index in [1.807, 2.05) is 12.1 Å². The molecule has 0 heterocycles. The molecule has 1 amide bonds. The molecule has 0 aromatic heterocycles. The molecule has 1 aromatic carbocycles. The zero-order chi connectivity index (χ0) is 17.6. The van der Waals surface area contributed by atoms with Gasteiger partial charge in [0.2, 0.25) is 5.91 Å². The highest BCUT2D eigenvalue weighted by Crippen LogP contribution is 2.16. The number of hydrogen-bond acceptors (Lipinski definition) is 4. The van der Waals surface area contributed by atoms with Gasteiger partial charge in [0.1, 0.15) is 5.75 Å². The molecular formula is C19H27NO4. The highest BCUT2D eigenvalue weighted by atomic mass is 16.5. The summed E-state index contributed by atoms with van der Waals surface area (Å²) in [6.07, 6.45) is 8.27. The fourth-order valence-corrected chi connectivity index (χ4v) is 2.05. The molecule has 132 valence electrons. The van der Waals surface area contributed by atoms with Gasteiger partial charge in [-0.15, -0.1) is 0 Å². The van der Waals surface area contributed by atoms with Crippen molar-refractivity contribution >= 4 is 17.6 Å². The van der Waals surface area contributed by atoms with E-state index in [0.717, 1.165) is 24.3 Å². The zero-order valence-corrected chi connectivity index (χ0v) is 14.5. The predicted octanol–water partition coefficient (Wildman–Crippen LogP) is 4.09. The Bertz CT molecular complexity index is 523. The maximum Gasteiger partial charge on any atom is 0.330 e. The van der Waals surface area contributed by atoms with Crippen molar-refractivity contribution in [2.75, 3.05) is 18.5 Å². The second kappa shape index (κ2) is 12.2. The van der Waals surface area contributed by atoms with Gasteiger partial charge in [0.05, 0.1) is 13.2 Å². The number of carbonyl (C=O) groups is 2. The van der Waals surface area contributed by atoms with E-state index < -0.39 is 5.97 Å². The molecule has 0 saturated heterocycles. The van der Waals surface area contributed by atoms with Crippen molar-refractivity contribution in [3.05, 3.63) is 36.4 Å². The number of anilines is 1. The molecule has 0 radical (unpaired) electrons. The Morgan fingerprint density at radius 1 is 1.00 bits per heavy atom. The number of hydrogen-bond donors (Lipinski definition) is 1. The van der Waals surface area contributed by atoms with Crippen LogP contribution in [0.2, 0.25) is 0 Å². The lowest BCUT2D eigenvalue weighted by atomic mass is 10.2. The van der Waals surface area contributed by atoms with Crippen molar-refractivity contribution in [1.82, 2.24) is 0 Å². The van der Waals surface area contributed by atoms with E-state index >= 15 is 0 Å². The van der Waals surface area contributed by atoms with E-state index in [-0.39, 0.29) is 12.5 Å². The molecule has 0 spiro atoms. The summed E-state index contributed by atoms with van der Waals surface area (Å²) in [5, 5.41) is 2.67. The number of unbranched alkanes of at least 4 members (excludes halogenated alkanes) is 4. The Morgan fingerprint density at radius 3 is 2.38 bits per heavy atom. The van der Waals surface area contributed by atoms with Gasteiger partial charge in [-0.1, -0.05) is 32.6 Å². The first-order chi connectivity index (χ1) is 11.7. The molecule has 0 saturated carbocycles. The summed E-state index contributed by atoms with van der Waals surface area (Å²) < 4.78 is 10.4. The van der Waals surface area contributed by atoms with Gasteiger partial charge in [-0.25, -0.2) is 4.79 Å². The summed E-state index contributed by atoms with van der Waals surface area (Å²) in [5.41, 5.74) is 0.642. The fraction of sp³-hybridized carbons (Fsp3) is 0.474. The first-order valence-electron chi connectivity index (χ1n) is 8.54. The summed E-state index contributed by atoms with van der Waals surface area (Å²) in [4.78, 5) is 22.8. The standard InChI is InChI=1S/C19H27NO4/c1-3-5-6-7-8-15-24-17-11-9-16(10-12-17)20-18(21)13-14-19(22)23-4-2/h9-14H,3-8,15H2,1-2H3,(H,20,21)/b14-13+. The van der Waals surface area contributed by atoms with Crippen molar-refractivity contribution in [2.45, 2.75) is 46.0 Å². The number of ether oxygens (including phenoxy) is 2. The number of nitrogens with one attached hydrogen (secondary N) is 1. The number of rotatable bonds is 11. The third kappa shape index (κ3) is 8.98. The summed E-state index contributed by atoms with van der Waals surface area (Å²) in [5.74, 6) is -0.131. The number of amides is 1. The second-order valence-electron chi connectivity index (χ2n) is 5.36. The first-order valence-corrected chi connectivity index (χ1v) is 8.54. The van der Waals surface area contributed by atoms with Crippen molar-refractivity contribution in [3.8, 4) is 5.75 Å². The smallest absolute Gasteiger partial charge is 0.330 e. The molecule has 0 fully saturated rings. The fourth-order valence-electron chi connectivity index (χ4n) is 2.05. The number of esters is 1. The molecule has 0 aliphatic carbocycles. The van der Waals surface area contributed by atoms with Crippen LogP contribution in [0.25, 0.3) is 0 Å². The van der Waals surface area contributed by atoms with Crippen LogP contribution in [0.15, 0.2) is 36.4 Å². The van der Waals surface area contributed by atoms with Gasteiger partial charge in [0.15, 0.2) is 0 Å². The largest absolute Gasteiger partial charge is 0.494 e. The lowest BCUT2D eigenvalue weighted by Gasteiger charge is -2.07. The summed E-state index contributed by atoms with van der Waals surface area (Å²) in [6, 6.07) is 7.17. The minimum absolute atomic E-state index is 0.283. The Kier molecular flexibility index (Phi) is 10.0. The van der Waals surface area contributed by atoms with Crippen molar-refractivity contribution in [3.63, 3.8) is 0 Å². The number of benzene rings is 1. The van der Waals surface area contributed by atoms with Crippen LogP contribution in [0.4, 0.5) is 5.69 Å². The van der Waals surface area contributed by atoms with Gasteiger partial charge < -0.3 is 14.8 Å². The minimum atomic E-state index is -0.532. The molecule has 1 N–H and O–H groups in total. The van der Waals surface area contributed by atoms with Gasteiger partial charge in [-0.2, -0.15) is 0 Å². The highest BCUT2D eigenvalue weighted by molar-refractivity contribution is 6.02. The zero-order valence-electron chi connectivity index (χ0n) is 14.5. The van der Waals surface area contributed by atoms with Crippen LogP contribution in [0, 0.1) is 0 Å². The molecule has 1 rings (SSSR count). The molecule has 24 heavy (non-hydrogen) atoms. The summed E-state index contributed by atoms with van der Waals surface area (Å²) in [7, 11) is 0. The Morgan fingerprint density at radius 2 is 1.71 bits per heavy atom. The first kappa shape index (κ1) is 19.7. The summed E-state index contributed by atoms with van der Waals surface area (Å²) in [6.45, 7) is 4.90. The van der Waals surface area contributed by atoms with Crippen LogP contribution in [-0.2, 0) is 14.3 Å². The van der Waals surface area contributed by atoms with E-state index in [1.165, 1.54) is 25.7 Å². The topological polar surface area (TPSA) is 64.6 Å². The van der Waals surface area contributed by atoms with Crippen LogP contribution in [-0.4, -0.2) is 25.1 Å². The monoisotopic (exact) mass is 333 g/mol. The van der Waals surface area contributed by atoms with Crippen LogP contribution in [0.1, 0.15) is 46.0 Å². The van der Waals surface area contributed by atoms with Crippen LogP contribution < -0.4 is 10.1 Å². The van der Waals surface area contributed by atoms with Crippen LogP contribution >= 0.6 is 0 Å². The van der Waals surface area contributed by atoms with Gasteiger partial charge in [0, 0.05) is 17.8 Å². The lowest BCUT2D eigenvalue weighted by Crippen LogP contribution is -2.09. The molecule has 5 heteroatoms. The second-order valence-corrected chi connectivity index (χ2v) is 5.36.